The molecule has 386 valence electrons. The molecule has 6 aromatic rings. The molecule has 0 saturated carbocycles. The van der Waals surface area contributed by atoms with E-state index in [9.17, 15) is 29.0 Å². The summed E-state index contributed by atoms with van der Waals surface area (Å²) >= 11 is 11.7. The van der Waals surface area contributed by atoms with E-state index >= 15 is 0 Å². The van der Waals surface area contributed by atoms with Crippen molar-refractivity contribution in [3.05, 3.63) is 185 Å². The minimum absolute atomic E-state index is 0.0464. The first-order valence-corrected chi connectivity index (χ1v) is 36.3. The average Bonchev–Trinajstić information content (AvgIpc) is 3.38. The van der Waals surface area contributed by atoms with Crippen molar-refractivity contribution < 1.29 is 47.3 Å². The number of ether oxygens (including phenoxy) is 1. The van der Waals surface area contributed by atoms with Gasteiger partial charge in [-0.15, -0.1) is 5.10 Å². The van der Waals surface area contributed by atoms with Crippen LogP contribution in [0.4, 0.5) is 0 Å². The van der Waals surface area contributed by atoms with Crippen molar-refractivity contribution in [3.8, 4) is 23.0 Å². The summed E-state index contributed by atoms with van der Waals surface area (Å²) in [5.41, 5.74) is 11.0. The summed E-state index contributed by atoms with van der Waals surface area (Å²) in [7, 11) is -9.80. The molecule has 5 N–H and O–H groups in total. The van der Waals surface area contributed by atoms with Gasteiger partial charge in [0, 0.05) is 34.4 Å². The fourth-order valence-corrected chi connectivity index (χ4v) is 17.7. The van der Waals surface area contributed by atoms with Crippen LogP contribution in [0.15, 0.2) is 177 Å². The predicted molar refractivity (Wildman–Crippen MR) is 313 cm³/mol. The molecule has 0 heterocycles. The molecule has 0 fully saturated rings. The highest BCUT2D eigenvalue weighted by Gasteiger charge is 2.36. The van der Waals surface area contributed by atoms with Gasteiger partial charge in [0.25, 0.3) is 0 Å². The topological polar surface area (TPSA) is 251 Å². The van der Waals surface area contributed by atoms with E-state index < -0.39 is 56.8 Å². The molecule has 0 aliphatic rings. The van der Waals surface area contributed by atoms with E-state index in [1.54, 1.807) is 53.5 Å². The Hall–Kier alpha value is -4.25. The van der Waals surface area contributed by atoms with E-state index in [2.05, 4.69) is 53.2 Å². The molecule has 0 aliphatic carbocycles. The van der Waals surface area contributed by atoms with Gasteiger partial charge < -0.3 is 19.0 Å². The highest BCUT2D eigenvalue weighted by Crippen LogP contribution is 2.63. The second kappa shape index (κ2) is 28.8. The molecule has 0 radical (unpaired) electrons. The van der Waals surface area contributed by atoms with Gasteiger partial charge in [0.05, 0.1) is 26.9 Å². The lowest BCUT2D eigenvalue weighted by Crippen LogP contribution is -2.29. The zero-order valence-corrected chi connectivity index (χ0v) is 48.7. The summed E-state index contributed by atoms with van der Waals surface area (Å²) in [6.45, 7) is 0.255. The number of rotatable bonds is 27. The highest BCUT2D eigenvalue weighted by molar-refractivity contribution is 8.46. The number of hydrogen-bond acceptors (Lipinski definition) is 15. The van der Waals surface area contributed by atoms with Crippen LogP contribution >= 0.6 is 61.6 Å². The third-order valence-corrected chi connectivity index (χ3v) is 22.7. The molecule has 0 aromatic heterocycles. The molecule has 0 saturated heterocycles. The lowest BCUT2D eigenvalue weighted by Gasteiger charge is -2.23. The molecule has 6 rings (SSSR count). The van der Waals surface area contributed by atoms with Crippen LogP contribution < -0.4 is 34.2 Å². The van der Waals surface area contributed by atoms with Gasteiger partial charge in [-0.1, -0.05) is 91.4 Å². The summed E-state index contributed by atoms with van der Waals surface area (Å²) in [5.74, 6) is 2.37. The van der Waals surface area contributed by atoms with Crippen molar-refractivity contribution in [3.63, 3.8) is 0 Å². The Kier molecular flexibility index (Phi) is 22.9. The lowest BCUT2D eigenvalue weighted by molar-refractivity contribution is 0.158. The van der Waals surface area contributed by atoms with E-state index in [1.807, 2.05) is 116 Å². The van der Waals surface area contributed by atoms with Gasteiger partial charge in [0.2, 0.25) is 23.6 Å². The van der Waals surface area contributed by atoms with Crippen LogP contribution in [0.2, 0.25) is 0 Å². The van der Waals surface area contributed by atoms with Gasteiger partial charge in [-0.25, -0.2) is 0 Å². The molecule has 0 bridgehead atoms. The van der Waals surface area contributed by atoms with Crippen LogP contribution in [0.25, 0.3) is 10.4 Å². The van der Waals surface area contributed by atoms with Gasteiger partial charge in [-0.3, -0.25) is 23.5 Å². The fourth-order valence-electron chi connectivity index (χ4n) is 6.69. The quantitative estimate of drug-likeness (QED) is 0.00612. The van der Waals surface area contributed by atoms with Gasteiger partial charge >= 0.3 is 29.7 Å². The summed E-state index contributed by atoms with van der Waals surface area (Å²) in [5, 5.41) is 13.7. The molecule has 5 unspecified atom stereocenters. The first kappa shape index (κ1) is 59.0. The predicted octanol–water partition coefficient (Wildman–Crippen LogP) is 10.5. The van der Waals surface area contributed by atoms with Crippen molar-refractivity contribution in [2.45, 2.75) is 6.42 Å². The summed E-state index contributed by atoms with van der Waals surface area (Å²) in [6.07, 6.45) is 2.31. The number of azide groups is 1. The maximum atomic E-state index is 11.5. The zero-order chi connectivity index (χ0) is 53.1. The Morgan fingerprint density at radius 1 is 0.743 bits per heavy atom. The Bertz CT molecular complexity index is 2970. The van der Waals surface area contributed by atoms with Crippen molar-refractivity contribution in [2.75, 3.05) is 39.9 Å². The summed E-state index contributed by atoms with van der Waals surface area (Å²) in [6, 6.07) is 49.9. The number of nitrogens with zero attached hydrogens (tertiary/aromatic N) is 9. The highest BCUT2D eigenvalue weighted by atomic mass is 32.4. The van der Waals surface area contributed by atoms with E-state index in [-0.39, 0.29) is 21.8 Å². The third-order valence-electron chi connectivity index (χ3n) is 10.0. The Morgan fingerprint density at radius 2 is 1.26 bits per heavy atom. The van der Waals surface area contributed by atoms with E-state index in [4.69, 9.17) is 52.0 Å². The molecule has 74 heavy (non-hydrogen) atoms. The van der Waals surface area contributed by atoms with Crippen LogP contribution in [-0.2, 0) is 34.6 Å². The van der Waals surface area contributed by atoms with E-state index in [0.29, 0.717) is 29.4 Å². The maximum absolute atomic E-state index is 11.5. The maximum Gasteiger partial charge on any atom is 0.545 e. The average molecular weight is 1190 g/mol. The number of hydrazone groups is 2. The molecule has 6 aromatic carbocycles. The first-order valence-electron chi connectivity index (χ1n) is 21.8. The minimum Gasteiger partial charge on any atom is -0.472 e. The normalized spacial score (nSPS) is 12.9. The van der Waals surface area contributed by atoms with Crippen molar-refractivity contribution in [1.82, 2.24) is 14.7 Å². The van der Waals surface area contributed by atoms with Crippen molar-refractivity contribution in [1.29, 1.82) is 0 Å². The minimum atomic E-state index is -4.50. The number of hydrogen-bond donors (Lipinski definition) is 5. The van der Waals surface area contributed by atoms with Gasteiger partial charge in [0.1, 0.15) is 33.3 Å². The molecular formula is C45H52N9O10P8S2+3. The smallest absolute Gasteiger partial charge is 0.472 e. The largest absolute Gasteiger partial charge is 0.545 e. The van der Waals surface area contributed by atoms with Gasteiger partial charge in [-0.2, -0.15) is 19.8 Å². The van der Waals surface area contributed by atoms with Crippen LogP contribution in [0.3, 0.4) is 0 Å². The standard InChI is InChI=1S/C45H50N9O10P8S2/c1-52(47-31-37-15-19-40(20-16-37)62-66-68(65)50-49-46)33-61-39-25-27-45(28-26-39)72(43-9-5-3-6-10-43,44-11-7-4-8-12-44)51-67(73)63-41-23-17-38(18-24-41)32-48-53(2)69(74)64-42-21-13-36(14-22-42)29-30-54(34-70(55,56)57)35-71(58,59)60/h3-28,31-32,55-57,66H,29-30,33-35,65H2,1-2H3/q+1/p+2. The van der Waals surface area contributed by atoms with Crippen LogP contribution in [-0.4, -0.2) is 91.5 Å². The summed E-state index contributed by atoms with van der Waals surface area (Å²) in [4.78, 5) is 54.7. The fraction of sp³-hybridized carbons (Fsp3) is 0.156. The molecule has 0 spiro atoms. The van der Waals surface area contributed by atoms with E-state index in [1.165, 1.54) is 0 Å². The van der Waals surface area contributed by atoms with Crippen LogP contribution in [0.5, 0.6) is 23.0 Å². The Morgan fingerprint density at radius 3 is 1.81 bits per heavy atom. The molecule has 19 nitrogen and oxygen atoms in total. The zero-order valence-electron chi connectivity index (χ0n) is 39.6. The van der Waals surface area contributed by atoms with Gasteiger partial charge in [-0.05, 0) is 118 Å². The monoisotopic (exact) mass is 1190 g/mol. The second-order valence-corrected chi connectivity index (χ2v) is 32.5. The van der Waals surface area contributed by atoms with Gasteiger partial charge in [0.15, 0.2) is 24.5 Å². The molecule has 0 amide bonds. The van der Waals surface area contributed by atoms with E-state index in [0.717, 1.165) is 37.5 Å². The molecular weight excluding hydrogens is 1140 g/mol. The Balaban J connectivity index is 1.08. The van der Waals surface area contributed by atoms with Crippen molar-refractivity contribution >= 4 is 114 Å². The molecule has 0 aliphatic heterocycles. The number of benzene rings is 6. The summed E-state index contributed by atoms with van der Waals surface area (Å²) < 4.78 is 42.7. The lowest BCUT2D eigenvalue weighted by atomic mass is 10.1. The third kappa shape index (κ3) is 19.4. The Labute approximate surface area is 446 Å². The van der Waals surface area contributed by atoms with Crippen LogP contribution in [0.1, 0.15) is 16.7 Å². The second-order valence-electron chi connectivity index (χ2n) is 15.7. The first-order chi connectivity index (χ1) is 35.4. The molecule has 29 heteroatoms. The van der Waals surface area contributed by atoms with Crippen molar-refractivity contribution in [2.24, 2.45) is 19.6 Å². The SMILES string of the molecule is CN(COc1ccc(P(=N[P+](=S)Oc2ccc(C=NN(C)[P+](=S)Oc3ccc(CCN(CP(=O)(O)O)C[P+](O)(O)O)cc3)cc2)(c2ccccc2)c2ccccc2)cc1)N=Cc1ccc(OPP(P)N=[N+]=[N-])cc1. The van der Waals surface area contributed by atoms with Crippen LogP contribution in [0, 0.1) is 0 Å². The molecule has 5 atom stereocenters.